The molecule has 0 aliphatic rings. The second kappa shape index (κ2) is 4.08. The normalized spacial score (nSPS) is 11.3. The molecule has 0 radical (unpaired) electrons. The third-order valence-corrected chi connectivity index (χ3v) is 0.333. The molecule has 0 spiro atoms. The van der Waals surface area contributed by atoms with Crippen LogP contribution >= 0.6 is 0 Å². The van der Waals surface area contributed by atoms with E-state index in [9.17, 15) is 0 Å². The number of nitrogens with two attached hydrogens (primary N) is 2. The lowest BCUT2D eigenvalue weighted by atomic mass is 10.6. The molecule has 0 saturated heterocycles. The Bertz CT molecular complexity index is 53.9. The first-order valence-corrected chi connectivity index (χ1v) is 1.67. The summed E-state index contributed by atoms with van der Waals surface area (Å²) in [5, 5.41) is 0. The number of hydrogen-bond acceptors (Lipinski definition) is 2. The average Bonchev–Trinajstić information content (AvgIpc) is 1.61. The summed E-state index contributed by atoms with van der Waals surface area (Å²) in [6, 6.07) is 0. The third kappa shape index (κ3) is 3.08. The second-order valence-electron chi connectivity index (χ2n) is 0.770. The minimum Gasteiger partial charge on any atom is -0.405 e. The Morgan fingerprint density at radius 3 is 1.33 bits per heavy atom. The van der Waals surface area contributed by atoms with Crippen molar-refractivity contribution in [3.8, 4) is 0 Å². The standard InChI is InChI=1S/C4H8N2/c5-3-1-2-4-6/h1-4H,5-6H2/b3-1+,4-2?. The van der Waals surface area contributed by atoms with Crippen LogP contribution in [0.25, 0.3) is 0 Å². The number of hydrogen-bond donors (Lipinski definition) is 2. The smallest absolute Gasteiger partial charge is 0.00618 e. The van der Waals surface area contributed by atoms with E-state index in [0.717, 1.165) is 0 Å². The van der Waals surface area contributed by atoms with Gasteiger partial charge in [-0.05, 0) is 24.6 Å². The van der Waals surface area contributed by atoms with Gasteiger partial charge in [0.15, 0.2) is 0 Å². The summed E-state index contributed by atoms with van der Waals surface area (Å²) in [4.78, 5) is 0. The summed E-state index contributed by atoms with van der Waals surface area (Å²) >= 11 is 0. The predicted octanol–water partition coefficient (Wildman–Crippen LogP) is -0.0688. The SMILES string of the molecule is NC=C/C=C/N. The van der Waals surface area contributed by atoms with Crippen molar-refractivity contribution < 1.29 is 0 Å². The molecule has 0 aromatic carbocycles. The van der Waals surface area contributed by atoms with Gasteiger partial charge in [0.05, 0.1) is 0 Å². The highest BCUT2D eigenvalue weighted by atomic mass is 14.5. The Labute approximate surface area is 37.1 Å². The molecule has 2 nitrogen and oxygen atoms in total. The van der Waals surface area contributed by atoms with Crippen LogP contribution in [0.5, 0.6) is 0 Å². The van der Waals surface area contributed by atoms with E-state index in [2.05, 4.69) is 0 Å². The topological polar surface area (TPSA) is 52.0 Å². The maximum Gasteiger partial charge on any atom is -0.00618 e. The van der Waals surface area contributed by atoms with Crippen LogP contribution in [-0.2, 0) is 0 Å². The molecule has 0 aliphatic carbocycles. The van der Waals surface area contributed by atoms with Gasteiger partial charge in [0.25, 0.3) is 0 Å². The van der Waals surface area contributed by atoms with Gasteiger partial charge in [0, 0.05) is 0 Å². The fourth-order valence-corrected chi connectivity index (χ4v) is 0.128. The van der Waals surface area contributed by atoms with Gasteiger partial charge in [-0.15, -0.1) is 0 Å². The minimum absolute atomic E-state index is 1.42. The Hall–Kier alpha value is -0.920. The van der Waals surface area contributed by atoms with Crippen molar-refractivity contribution in [2.45, 2.75) is 0 Å². The van der Waals surface area contributed by atoms with E-state index < -0.39 is 0 Å². The first-order valence-electron chi connectivity index (χ1n) is 1.67. The lowest BCUT2D eigenvalue weighted by molar-refractivity contribution is 1.56. The molecular weight excluding hydrogens is 76.1 g/mol. The molecule has 0 aliphatic heterocycles. The highest BCUT2D eigenvalue weighted by Crippen LogP contribution is 1.62. The molecule has 0 fully saturated rings. The summed E-state index contributed by atoms with van der Waals surface area (Å²) < 4.78 is 0. The van der Waals surface area contributed by atoms with Crippen molar-refractivity contribution in [3.63, 3.8) is 0 Å². The van der Waals surface area contributed by atoms with Crippen LogP contribution in [0.1, 0.15) is 0 Å². The Morgan fingerprint density at radius 2 is 1.17 bits per heavy atom. The average molecular weight is 84.1 g/mol. The van der Waals surface area contributed by atoms with E-state index in [1.54, 1.807) is 12.2 Å². The van der Waals surface area contributed by atoms with E-state index in [1.165, 1.54) is 12.4 Å². The molecule has 2 heteroatoms. The number of allylic oxidation sites excluding steroid dienone is 2. The maximum atomic E-state index is 4.93. The molecule has 0 bridgehead atoms. The Kier molecular flexibility index (Phi) is 3.45. The zero-order valence-electron chi connectivity index (χ0n) is 3.46. The van der Waals surface area contributed by atoms with Gasteiger partial charge in [-0.25, -0.2) is 0 Å². The molecule has 34 valence electrons. The molecule has 0 unspecified atom stereocenters. The molecule has 0 saturated carbocycles. The van der Waals surface area contributed by atoms with Crippen LogP contribution in [0, 0.1) is 0 Å². The molecule has 0 aromatic heterocycles. The molecule has 0 aromatic rings. The molecule has 0 heterocycles. The lowest BCUT2D eigenvalue weighted by Gasteiger charge is -1.64. The molecule has 0 rings (SSSR count). The van der Waals surface area contributed by atoms with Crippen LogP contribution in [0.15, 0.2) is 24.6 Å². The maximum absolute atomic E-state index is 4.93. The van der Waals surface area contributed by atoms with Gasteiger partial charge >= 0.3 is 0 Å². The van der Waals surface area contributed by atoms with Crippen molar-refractivity contribution in [1.82, 2.24) is 0 Å². The van der Waals surface area contributed by atoms with Gasteiger partial charge in [-0.1, -0.05) is 0 Å². The van der Waals surface area contributed by atoms with Crippen molar-refractivity contribution in [1.29, 1.82) is 0 Å². The van der Waals surface area contributed by atoms with E-state index in [-0.39, 0.29) is 0 Å². The van der Waals surface area contributed by atoms with Gasteiger partial charge in [-0.3, -0.25) is 0 Å². The molecule has 0 amide bonds. The minimum atomic E-state index is 1.42. The fraction of sp³-hybridized carbons (Fsp3) is 0. The summed E-state index contributed by atoms with van der Waals surface area (Å²) in [5.74, 6) is 0. The van der Waals surface area contributed by atoms with Crippen molar-refractivity contribution in [2.75, 3.05) is 0 Å². The second-order valence-corrected chi connectivity index (χ2v) is 0.770. The number of rotatable bonds is 1. The van der Waals surface area contributed by atoms with E-state index in [4.69, 9.17) is 11.5 Å². The van der Waals surface area contributed by atoms with Crippen LogP contribution in [0.4, 0.5) is 0 Å². The zero-order chi connectivity index (χ0) is 4.83. The van der Waals surface area contributed by atoms with Crippen molar-refractivity contribution in [3.05, 3.63) is 24.6 Å². The molecule has 4 N–H and O–H groups in total. The quantitative estimate of drug-likeness (QED) is 0.437. The summed E-state index contributed by atoms with van der Waals surface area (Å²) in [5.41, 5.74) is 9.85. The third-order valence-electron chi connectivity index (χ3n) is 0.333. The van der Waals surface area contributed by atoms with Crippen LogP contribution in [0.2, 0.25) is 0 Å². The highest BCUT2D eigenvalue weighted by Gasteiger charge is 1.48. The molecular formula is C4H8N2. The van der Waals surface area contributed by atoms with E-state index >= 15 is 0 Å². The summed E-state index contributed by atoms with van der Waals surface area (Å²) in [6.07, 6.45) is 6.15. The first kappa shape index (κ1) is 5.08. The van der Waals surface area contributed by atoms with Crippen molar-refractivity contribution >= 4 is 0 Å². The van der Waals surface area contributed by atoms with Gasteiger partial charge < -0.3 is 11.5 Å². The summed E-state index contributed by atoms with van der Waals surface area (Å²) in [6.45, 7) is 0. The van der Waals surface area contributed by atoms with Crippen LogP contribution < -0.4 is 11.5 Å². The lowest BCUT2D eigenvalue weighted by Crippen LogP contribution is -1.75. The van der Waals surface area contributed by atoms with Gasteiger partial charge in [0.1, 0.15) is 0 Å². The Balaban J connectivity index is 3.07. The van der Waals surface area contributed by atoms with Crippen molar-refractivity contribution in [2.24, 2.45) is 11.5 Å². The van der Waals surface area contributed by atoms with Crippen LogP contribution in [0.3, 0.4) is 0 Å². The highest BCUT2D eigenvalue weighted by molar-refractivity contribution is 4.97. The fourth-order valence-electron chi connectivity index (χ4n) is 0.128. The molecule has 6 heavy (non-hydrogen) atoms. The van der Waals surface area contributed by atoms with Gasteiger partial charge in [0.2, 0.25) is 0 Å². The Morgan fingerprint density at radius 1 is 0.833 bits per heavy atom. The largest absolute Gasteiger partial charge is 0.405 e. The monoisotopic (exact) mass is 84.1 g/mol. The van der Waals surface area contributed by atoms with Gasteiger partial charge in [-0.2, -0.15) is 0 Å². The summed E-state index contributed by atoms with van der Waals surface area (Å²) in [7, 11) is 0. The van der Waals surface area contributed by atoms with E-state index in [0.29, 0.717) is 0 Å². The zero-order valence-corrected chi connectivity index (χ0v) is 3.46. The first-order chi connectivity index (χ1) is 2.91. The van der Waals surface area contributed by atoms with Crippen LogP contribution in [-0.4, -0.2) is 0 Å². The molecule has 0 atom stereocenters. The predicted molar refractivity (Wildman–Crippen MR) is 26.7 cm³/mol. The van der Waals surface area contributed by atoms with E-state index in [1.807, 2.05) is 0 Å².